The first-order valence-corrected chi connectivity index (χ1v) is 6.93. The minimum Gasteiger partial charge on any atom is -0.489 e. The summed E-state index contributed by atoms with van der Waals surface area (Å²) in [6, 6.07) is 2.59. The van der Waals surface area contributed by atoms with Crippen molar-refractivity contribution in [3.63, 3.8) is 0 Å². The van der Waals surface area contributed by atoms with Gasteiger partial charge in [-0.05, 0) is 17.7 Å². The normalized spacial score (nSPS) is 15.0. The molecule has 0 fully saturated rings. The topological polar surface area (TPSA) is 84.9 Å². The Hall–Kier alpha value is -1.95. The monoisotopic (exact) mass is 313 g/mol. The third kappa shape index (κ3) is 4.01. The summed E-state index contributed by atoms with van der Waals surface area (Å²) in [5.41, 5.74) is 0.571. The summed E-state index contributed by atoms with van der Waals surface area (Å²) < 4.78 is 11.1. The highest BCUT2D eigenvalue weighted by Crippen LogP contribution is 2.39. The summed E-state index contributed by atoms with van der Waals surface area (Å²) in [5, 5.41) is 11.9. The van der Waals surface area contributed by atoms with E-state index in [4.69, 9.17) is 26.2 Å². The molecule has 0 saturated heterocycles. The number of rotatable bonds is 4. The lowest BCUT2D eigenvalue weighted by atomic mass is 10.0. The van der Waals surface area contributed by atoms with Gasteiger partial charge in [-0.15, -0.1) is 0 Å². The van der Waals surface area contributed by atoms with Crippen LogP contribution in [-0.4, -0.2) is 30.2 Å². The second-order valence-corrected chi connectivity index (χ2v) is 5.14. The molecule has 1 atom stereocenters. The van der Waals surface area contributed by atoms with Crippen LogP contribution in [0.5, 0.6) is 11.5 Å². The Morgan fingerprint density at radius 2 is 2.10 bits per heavy atom. The van der Waals surface area contributed by atoms with E-state index in [0.717, 1.165) is 6.42 Å². The molecule has 7 heteroatoms. The molecule has 0 aliphatic carbocycles. The number of amides is 1. The van der Waals surface area contributed by atoms with Gasteiger partial charge in [0.15, 0.2) is 11.5 Å². The van der Waals surface area contributed by atoms with Crippen LogP contribution in [0.4, 0.5) is 0 Å². The van der Waals surface area contributed by atoms with Gasteiger partial charge < -0.3 is 19.9 Å². The van der Waals surface area contributed by atoms with Crippen molar-refractivity contribution in [3.8, 4) is 11.5 Å². The molecule has 1 aromatic rings. The smallest absolute Gasteiger partial charge is 0.305 e. The molecule has 0 aromatic heterocycles. The van der Waals surface area contributed by atoms with E-state index in [-0.39, 0.29) is 12.3 Å². The first-order chi connectivity index (χ1) is 9.97. The number of carboxylic acid groups (broad SMARTS) is 1. The molecule has 1 aliphatic rings. The number of carbonyl (C=O) groups excluding carboxylic acids is 1. The van der Waals surface area contributed by atoms with Crippen LogP contribution in [0.25, 0.3) is 0 Å². The van der Waals surface area contributed by atoms with Crippen LogP contribution in [0.3, 0.4) is 0 Å². The average molecular weight is 314 g/mol. The van der Waals surface area contributed by atoms with Gasteiger partial charge in [0.05, 0.1) is 30.7 Å². The number of carbonyl (C=O) groups is 2. The molecule has 1 aliphatic heterocycles. The minimum atomic E-state index is -1.02. The van der Waals surface area contributed by atoms with Crippen molar-refractivity contribution in [1.82, 2.24) is 5.32 Å². The fourth-order valence-electron chi connectivity index (χ4n) is 2.12. The fourth-order valence-corrected chi connectivity index (χ4v) is 2.40. The number of halogens is 1. The lowest BCUT2D eigenvalue weighted by Crippen LogP contribution is -2.28. The maximum absolute atomic E-state index is 11.2. The molecule has 1 heterocycles. The second kappa shape index (κ2) is 6.67. The van der Waals surface area contributed by atoms with E-state index in [0.29, 0.717) is 35.3 Å². The molecule has 1 aromatic carbocycles. The number of benzene rings is 1. The van der Waals surface area contributed by atoms with Gasteiger partial charge in [0.2, 0.25) is 5.91 Å². The summed E-state index contributed by atoms with van der Waals surface area (Å²) in [7, 11) is 0. The lowest BCUT2D eigenvalue weighted by molar-refractivity contribution is -0.137. The number of nitrogens with one attached hydrogen (secondary N) is 1. The SMILES string of the molecule is CC(=O)N[C@@H](CC(=O)O)c1cc(Cl)c2c(c1)OCCCO2. The molecule has 2 N–H and O–H groups in total. The summed E-state index contributed by atoms with van der Waals surface area (Å²) >= 11 is 6.17. The predicted molar refractivity (Wildman–Crippen MR) is 75.9 cm³/mol. The molecule has 2 rings (SSSR count). The molecule has 1 amide bonds. The van der Waals surface area contributed by atoms with E-state index in [9.17, 15) is 9.59 Å². The second-order valence-electron chi connectivity index (χ2n) is 4.73. The van der Waals surface area contributed by atoms with Gasteiger partial charge in [0, 0.05) is 13.3 Å². The van der Waals surface area contributed by atoms with Crippen molar-refractivity contribution >= 4 is 23.5 Å². The third-order valence-electron chi connectivity index (χ3n) is 2.98. The fraction of sp³-hybridized carbons (Fsp3) is 0.429. The van der Waals surface area contributed by atoms with Crippen LogP contribution < -0.4 is 14.8 Å². The van der Waals surface area contributed by atoms with Crippen molar-refractivity contribution in [1.29, 1.82) is 0 Å². The van der Waals surface area contributed by atoms with E-state index in [1.165, 1.54) is 6.92 Å². The van der Waals surface area contributed by atoms with Crippen molar-refractivity contribution < 1.29 is 24.2 Å². The molecule has 0 saturated carbocycles. The Morgan fingerprint density at radius 1 is 1.38 bits per heavy atom. The van der Waals surface area contributed by atoms with Crippen molar-refractivity contribution in [2.24, 2.45) is 0 Å². The Labute approximate surface area is 127 Å². The van der Waals surface area contributed by atoms with Gasteiger partial charge in [-0.3, -0.25) is 9.59 Å². The minimum absolute atomic E-state index is 0.241. The standard InChI is InChI=1S/C14H16ClNO5/c1-8(17)16-11(7-13(18)19)9-5-10(15)14-12(6-9)20-3-2-4-21-14/h5-6,11H,2-4,7H2,1H3,(H,16,17)(H,18,19)/t11-/m0/s1. The number of hydrogen-bond donors (Lipinski definition) is 2. The zero-order valence-corrected chi connectivity index (χ0v) is 12.3. The van der Waals surface area contributed by atoms with E-state index >= 15 is 0 Å². The summed E-state index contributed by atoms with van der Waals surface area (Å²) in [5.74, 6) is -0.410. The number of aliphatic carboxylic acids is 1. The highest BCUT2D eigenvalue weighted by atomic mass is 35.5. The molecule has 0 radical (unpaired) electrons. The molecule has 0 bridgehead atoms. The van der Waals surface area contributed by atoms with Crippen LogP contribution in [0.2, 0.25) is 5.02 Å². The lowest BCUT2D eigenvalue weighted by Gasteiger charge is -2.19. The average Bonchev–Trinajstić information content (AvgIpc) is 2.62. The quantitative estimate of drug-likeness (QED) is 0.889. The number of hydrogen-bond acceptors (Lipinski definition) is 4. The first kappa shape index (κ1) is 15.4. The maximum atomic E-state index is 11.2. The molecule has 6 nitrogen and oxygen atoms in total. The molecule has 0 unspecified atom stereocenters. The van der Waals surface area contributed by atoms with Gasteiger partial charge in [-0.25, -0.2) is 0 Å². The highest BCUT2D eigenvalue weighted by molar-refractivity contribution is 6.32. The van der Waals surface area contributed by atoms with Crippen LogP contribution in [0, 0.1) is 0 Å². The maximum Gasteiger partial charge on any atom is 0.305 e. The first-order valence-electron chi connectivity index (χ1n) is 6.55. The van der Waals surface area contributed by atoms with Crippen molar-refractivity contribution in [2.75, 3.05) is 13.2 Å². The van der Waals surface area contributed by atoms with Crippen molar-refractivity contribution in [2.45, 2.75) is 25.8 Å². The Kier molecular flexibility index (Phi) is 4.90. The largest absolute Gasteiger partial charge is 0.489 e. The summed E-state index contributed by atoms with van der Waals surface area (Å²) in [6.07, 6.45) is 0.500. The molecular formula is C14H16ClNO5. The van der Waals surface area contributed by atoms with E-state index in [1.54, 1.807) is 12.1 Å². The van der Waals surface area contributed by atoms with Crippen LogP contribution in [-0.2, 0) is 9.59 Å². The molecular weight excluding hydrogens is 298 g/mol. The number of fused-ring (bicyclic) bond motifs is 1. The van der Waals surface area contributed by atoms with Gasteiger partial charge in [-0.1, -0.05) is 11.6 Å². The highest BCUT2D eigenvalue weighted by Gasteiger charge is 2.22. The molecule has 21 heavy (non-hydrogen) atoms. The van der Waals surface area contributed by atoms with Crippen molar-refractivity contribution in [3.05, 3.63) is 22.7 Å². The van der Waals surface area contributed by atoms with E-state index in [1.807, 2.05) is 0 Å². The Bertz CT molecular complexity index is 545. The molecule has 114 valence electrons. The van der Waals surface area contributed by atoms with Gasteiger partial charge in [-0.2, -0.15) is 0 Å². The van der Waals surface area contributed by atoms with Gasteiger partial charge >= 0.3 is 5.97 Å². The number of ether oxygens (including phenoxy) is 2. The van der Waals surface area contributed by atoms with Gasteiger partial charge in [0.1, 0.15) is 0 Å². The van der Waals surface area contributed by atoms with Crippen LogP contribution in [0.1, 0.15) is 31.4 Å². The van der Waals surface area contributed by atoms with Gasteiger partial charge in [0.25, 0.3) is 0 Å². The summed E-state index contributed by atoms with van der Waals surface area (Å²) in [4.78, 5) is 22.2. The van der Waals surface area contributed by atoms with E-state index in [2.05, 4.69) is 5.32 Å². The Morgan fingerprint density at radius 3 is 2.76 bits per heavy atom. The summed E-state index contributed by atoms with van der Waals surface area (Å²) in [6.45, 7) is 2.34. The van der Waals surface area contributed by atoms with E-state index < -0.39 is 12.0 Å². The predicted octanol–water partition coefficient (Wildman–Crippen LogP) is 2.15. The zero-order chi connectivity index (χ0) is 15.4. The third-order valence-corrected chi connectivity index (χ3v) is 3.26. The molecule has 0 spiro atoms. The zero-order valence-electron chi connectivity index (χ0n) is 11.5. The van der Waals surface area contributed by atoms with Crippen LogP contribution >= 0.6 is 11.6 Å². The number of carboxylic acids is 1. The Balaban J connectivity index is 2.36. The van der Waals surface area contributed by atoms with Crippen LogP contribution in [0.15, 0.2) is 12.1 Å².